The molecule has 1 aromatic heterocycles. The molecule has 1 heterocycles. The van der Waals surface area contributed by atoms with E-state index in [1.54, 1.807) is 13.1 Å². The molecule has 4 nitrogen and oxygen atoms in total. The summed E-state index contributed by atoms with van der Waals surface area (Å²) in [5.74, 6) is 0.209. The van der Waals surface area contributed by atoms with Gasteiger partial charge in [0, 0.05) is 23.4 Å². The molecule has 0 radical (unpaired) electrons. The molecule has 0 fully saturated rings. The topological polar surface area (TPSA) is 44.1 Å². The maximum atomic E-state index is 12.6. The van der Waals surface area contributed by atoms with Crippen LogP contribution in [0.15, 0.2) is 71.5 Å². The highest BCUT2D eigenvalue weighted by molar-refractivity contribution is 9.10. The summed E-state index contributed by atoms with van der Waals surface area (Å²) in [7, 11) is 0. The van der Waals surface area contributed by atoms with E-state index < -0.39 is 0 Å². The lowest BCUT2D eigenvalue weighted by Crippen LogP contribution is -2.12. The van der Waals surface area contributed by atoms with Crippen molar-refractivity contribution in [2.45, 2.75) is 13.5 Å². The summed E-state index contributed by atoms with van der Waals surface area (Å²) in [4.78, 5) is 17.0. The number of hydrogen-bond acceptors (Lipinski definition) is 3. The second-order valence-corrected chi connectivity index (χ2v) is 6.61. The van der Waals surface area contributed by atoms with Crippen LogP contribution in [0.25, 0.3) is 11.6 Å². The minimum Gasteiger partial charge on any atom is -0.462 e. The van der Waals surface area contributed by atoms with Crippen LogP contribution in [-0.4, -0.2) is 22.1 Å². The van der Waals surface area contributed by atoms with E-state index in [0.717, 1.165) is 15.6 Å². The van der Waals surface area contributed by atoms with Gasteiger partial charge in [-0.15, -0.1) is 0 Å². The van der Waals surface area contributed by atoms with Crippen molar-refractivity contribution in [3.8, 4) is 0 Å². The van der Waals surface area contributed by atoms with Gasteiger partial charge in [-0.05, 0) is 36.3 Å². The number of hydrogen-bond donors (Lipinski definition) is 0. The summed E-state index contributed by atoms with van der Waals surface area (Å²) in [6, 6.07) is 17.8. The van der Waals surface area contributed by atoms with E-state index in [4.69, 9.17) is 4.74 Å². The number of halogens is 1. The summed E-state index contributed by atoms with van der Waals surface area (Å²) in [6.07, 6.45) is 5.38. The second kappa shape index (κ2) is 8.63. The van der Waals surface area contributed by atoms with Crippen molar-refractivity contribution in [3.05, 3.63) is 88.4 Å². The fourth-order valence-corrected chi connectivity index (χ4v) is 3.06. The SMILES string of the molecule is CCOC(=O)/C(=C/c1cccc(Br)c1)c1nccn1Cc1ccccc1. The van der Waals surface area contributed by atoms with Gasteiger partial charge in [-0.3, -0.25) is 0 Å². The molecule has 0 N–H and O–H groups in total. The van der Waals surface area contributed by atoms with Crippen molar-refractivity contribution in [2.75, 3.05) is 6.61 Å². The highest BCUT2D eigenvalue weighted by atomic mass is 79.9. The first-order valence-electron chi connectivity index (χ1n) is 8.37. The summed E-state index contributed by atoms with van der Waals surface area (Å²) < 4.78 is 8.16. The van der Waals surface area contributed by atoms with Crippen LogP contribution in [0.4, 0.5) is 0 Å². The Morgan fingerprint density at radius 3 is 2.73 bits per heavy atom. The van der Waals surface area contributed by atoms with Crippen LogP contribution in [0, 0.1) is 0 Å². The molecule has 132 valence electrons. The van der Waals surface area contributed by atoms with Gasteiger partial charge in [0.25, 0.3) is 0 Å². The predicted molar refractivity (Wildman–Crippen MR) is 106 cm³/mol. The van der Waals surface area contributed by atoms with Gasteiger partial charge in [-0.2, -0.15) is 0 Å². The summed E-state index contributed by atoms with van der Waals surface area (Å²) in [5, 5.41) is 0. The van der Waals surface area contributed by atoms with E-state index in [9.17, 15) is 4.79 Å². The molecule has 5 heteroatoms. The van der Waals surface area contributed by atoms with Crippen molar-refractivity contribution in [2.24, 2.45) is 0 Å². The maximum Gasteiger partial charge on any atom is 0.341 e. The molecule has 3 aromatic rings. The number of nitrogens with zero attached hydrogens (tertiary/aromatic N) is 2. The van der Waals surface area contributed by atoms with E-state index >= 15 is 0 Å². The van der Waals surface area contributed by atoms with Crippen molar-refractivity contribution in [1.29, 1.82) is 0 Å². The fourth-order valence-electron chi connectivity index (χ4n) is 2.65. The Hall–Kier alpha value is -2.66. The Kier molecular flexibility index (Phi) is 6.02. The Morgan fingerprint density at radius 2 is 2.00 bits per heavy atom. The van der Waals surface area contributed by atoms with Crippen LogP contribution in [0.5, 0.6) is 0 Å². The van der Waals surface area contributed by atoms with Crippen molar-refractivity contribution >= 4 is 33.5 Å². The molecular weight excluding hydrogens is 392 g/mol. The van der Waals surface area contributed by atoms with E-state index in [1.807, 2.05) is 71.4 Å². The van der Waals surface area contributed by atoms with Gasteiger partial charge < -0.3 is 9.30 Å². The first-order chi connectivity index (χ1) is 12.7. The minimum absolute atomic E-state index is 0.314. The first-order valence-corrected chi connectivity index (χ1v) is 9.16. The van der Waals surface area contributed by atoms with E-state index in [0.29, 0.717) is 24.5 Å². The number of carbonyl (C=O) groups is 1. The molecule has 0 amide bonds. The quantitative estimate of drug-likeness (QED) is 0.433. The third-order valence-corrected chi connectivity index (χ3v) is 4.30. The average Bonchev–Trinajstić information content (AvgIpc) is 3.08. The van der Waals surface area contributed by atoms with E-state index in [-0.39, 0.29) is 5.97 Å². The molecular formula is C21H19BrN2O2. The van der Waals surface area contributed by atoms with E-state index in [2.05, 4.69) is 20.9 Å². The van der Waals surface area contributed by atoms with Gasteiger partial charge in [0.05, 0.1) is 6.61 Å². The van der Waals surface area contributed by atoms with E-state index in [1.165, 1.54) is 0 Å². The Bertz CT molecular complexity index is 917. The lowest BCUT2D eigenvalue weighted by molar-refractivity contribution is -0.136. The molecule has 0 aliphatic heterocycles. The number of esters is 1. The molecule has 26 heavy (non-hydrogen) atoms. The summed E-state index contributed by atoms with van der Waals surface area (Å²) >= 11 is 3.46. The van der Waals surface area contributed by atoms with Crippen LogP contribution in [0.3, 0.4) is 0 Å². The van der Waals surface area contributed by atoms with Gasteiger partial charge in [0.1, 0.15) is 11.4 Å². The lowest BCUT2D eigenvalue weighted by atomic mass is 10.1. The van der Waals surface area contributed by atoms with Crippen molar-refractivity contribution in [3.63, 3.8) is 0 Å². The second-order valence-electron chi connectivity index (χ2n) is 5.70. The smallest absolute Gasteiger partial charge is 0.341 e. The highest BCUT2D eigenvalue weighted by Crippen LogP contribution is 2.21. The van der Waals surface area contributed by atoms with Gasteiger partial charge in [-0.25, -0.2) is 9.78 Å². The van der Waals surface area contributed by atoms with Crippen molar-refractivity contribution in [1.82, 2.24) is 9.55 Å². The number of ether oxygens (including phenoxy) is 1. The monoisotopic (exact) mass is 410 g/mol. The molecule has 0 bridgehead atoms. The molecule has 0 aliphatic carbocycles. The van der Waals surface area contributed by atoms with Crippen LogP contribution >= 0.6 is 15.9 Å². The molecule has 0 aliphatic rings. The maximum absolute atomic E-state index is 12.6. The third-order valence-electron chi connectivity index (χ3n) is 3.81. The standard InChI is InChI=1S/C21H19BrN2O2/c1-2-26-21(25)19(14-17-9-6-10-18(22)13-17)20-23-11-12-24(20)15-16-7-4-3-5-8-16/h3-14H,2,15H2,1H3/b19-14+. The summed E-state index contributed by atoms with van der Waals surface area (Å²) in [6.45, 7) is 2.74. The number of benzene rings is 2. The third kappa shape index (κ3) is 4.49. The molecule has 0 spiro atoms. The average molecular weight is 411 g/mol. The zero-order valence-electron chi connectivity index (χ0n) is 14.4. The molecule has 0 saturated carbocycles. The zero-order chi connectivity index (χ0) is 18.4. The molecule has 3 rings (SSSR count). The Labute approximate surface area is 161 Å². The lowest BCUT2D eigenvalue weighted by Gasteiger charge is -2.11. The largest absolute Gasteiger partial charge is 0.462 e. The number of rotatable bonds is 6. The number of imidazole rings is 1. The Balaban J connectivity index is 2.00. The first kappa shape index (κ1) is 18.1. The normalized spacial score (nSPS) is 11.4. The van der Waals surface area contributed by atoms with Crippen molar-refractivity contribution < 1.29 is 9.53 Å². The van der Waals surface area contributed by atoms with Gasteiger partial charge in [0.15, 0.2) is 0 Å². The summed E-state index contributed by atoms with van der Waals surface area (Å²) in [5.41, 5.74) is 2.47. The minimum atomic E-state index is -0.381. The predicted octanol–water partition coefficient (Wildman–Crippen LogP) is 4.80. The fraction of sp³-hybridized carbons (Fsp3) is 0.143. The highest BCUT2D eigenvalue weighted by Gasteiger charge is 2.19. The Morgan fingerprint density at radius 1 is 1.19 bits per heavy atom. The number of carbonyl (C=O) groups excluding carboxylic acids is 1. The van der Waals surface area contributed by atoms with Gasteiger partial charge >= 0.3 is 5.97 Å². The van der Waals surface area contributed by atoms with Gasteiger partial charge in [-0.1, -0.05) is 58.4 Å². The van der Waals surface area contributed by atoms with Crippen LogP contribution in [0.2, 0.25) is 0 Å². The number of aromatic nitrogens is 2. The van der Waals surface area contributed by atoms with Crippen LogP contribution in [-0.2, 0) is 16.1 Å². The molecule has 2 aromatic carbocycles. The zero-order valence-corrected chi connectivity index (χ0v) is 16.0. The van der Waals surface area contributed by atoms with Gasteiger partial charge in [0.2, 0.25) is 0 Å². The molecule has 0 unspecified atom stereocenters. The van der Waals surface area contributed by atoms with Crippen LogP contribution in [0.1, 0.15) is 23.9 Å². The molecule has 0 atom stereocenters. The van der Waals surface area contributed by atoms with Crippen LogP contribution < -0.4 is 0 Å². The molecule has 0 saturated heterocycles.